The van der Waals surface area contributed by atoms with Gasteiger partial charge in [-0.25, -0.2) is 0 Å². The van der Waals surface area contributed by atoms with Gasteiger partial charge in [-0.05, 0) is 70.6 Å². The van der Waals surface area contributed by atoms with Crippen LogP contribution >= 0.6 is 0 Å². The molecule has 1 aliphatic heterocycles. The van der Waals surface area contributed by atoms with E-state index in [2.05, 4.69) is 92.1 Å². The van der Waals surface area contributed by atoms with Crippen LogP contribution in [0.15, 0.2) is 85.1 Å². The van der Waals surface area contributed by atoms with Gasteiger partial charge in [0, 0.05) is 6.42 Å². The summed E-state index contributed by atoms with van der Waals surface area (Å²) < 4.78 is 11.2. The number of hydrogen-bond acceptors (Lipinski definition) is 8. The zero-order valence-electron chi connectivity index (χ0n) is 43.3. The van der Waals surface area contributed by atoms with Gasteiger partial charge in [0.15, 0.2) is 6.29 Å². The van der Waals surface area contributed by atoms with Crippen LogP contribution in [0.2, 0.25) is 0 Å². The van der Waals surface area contributed by atoms with E-state index < -0.39 is 49.5 Å². The highest BCUT2D eigenvalue weighted by molar-refractivity contribution is 5.76. The Hall–Kier alpha value is -2.63. The Morgan fingerprint density at radius 2 is 0.912 bits per heavy atom. The molecule has 0 radical (unpaired) electrons. The predicted octanol–water partition coefficient (Wildman–Crippen LogP) is 13.5. The molecule has 68 heavy (non-hydrogen) atoms. The van der Waals surface area contributed by atoms with Gasteiger partial charge in [0.2, 0.25) is 5.91 Å². The molecule has 0 aromatic heterocycles. The molecule has 0 saturated carbocycles. The molecule has 0 bridgehead atoms. The van der Waals surface area contributed by atoms with Crippen LogP contribution in [0.25, 0.3) is 0 Å². The van der Waals surface area contributed by atoms with Gasteiger partial charge in [0.25, 0.3) is 0 Å². The Kier molecular flexibility index (Phi) is 44.8. The lowest BCUT2D eigenvalue weighted by Crippen LogP contribution is -2.60. The Labute approximate surface area is 416 Å². The summed E-state index contributed by atoms with van der Waals surface area (Å²) in [5, 5.41) is 54.1. The van der Waals surface area contributed by atoms with E-state index in [0.29, 0.717) is 6.42 Å². The molecule has 1 amide bonds. The first-order chi connectivity index (χ1) is 33.3. The summed E-state index contributed by atoms with van der Waals surface area (Å²) in [6.45, 7) is 3.61. The lowest BCUT2D eigenvalue weighted by Gasteiger charge is -2.40. The molecule has 1 saturated heterocycles. The van der Waals surface area contributed by atoms with Crippen LogP contribution in [0.1, 0.15) is 226 Å². The van der Waals surface area contributed by atoms with Crippen molar-refractivity contribution in [3.8, 4) is 0 Å². The number of unbranched alkanes of at least 4 members (excludes halogenated alkanes) is 24. The standard InChI is InChI=1S/C59H103NO8/c1-3-5-7-9-11-13-14-15-16-17-18-19-20-21-22-23-24-25-26-27-28-29-30-31-32-33-34-35-36-37-38-39-40-41-43-45-47-49-55(63)60-52(53(62)48-46-44-42-12-10-8-6-4-2)51-67-59-58(66)57(65)56(64)54(50-61)68-59/h5,7,11,13,15-16,18-19,21-22,24-25,46,48,52-54,56-59,61-62,64-66H,3-4,6,8-10,12,14,17,20,23,26-45,47,49-51H2,1-2H3,(H,60,63)/b7-5-,13-11-,16-15-,19-18-,22-21-,25-24-,48-46+. The fraction of sp³-hybridized carbons (Fsp3) is 0.746. The Morgan fingerprint density at radius 1 is 0.515 bits per heavy atom. The first-order valence-electron chi connectivity index (χ1n) is 27.8. The number of rotatable bonds is 46. The smallest absolute Gasteiger partial charge is 0.220 e. The average molecular weight is 954 g/mol. The maximum atomic E-state index is 13.0. The van der Waals surface area contributed by atoms with Crippen LogP contribution in [0.3, 0.4) is 0 Å². The predicted molar refractivity (Wildman–Crippen MR) is 285 cm³/mol. The van der Waals surface area contributed by atoms with Crippen molar-refractivity contribution in [2.75, 3.05) is 13.2 Å². The van der Waals surface area contributed by atoms with Crippen molar-refractivity contribution >= 4 is 5.91 Å². The second-order valence-electron chi connectivity index (χ2n) is 19.0. The van der Waals surface area contributed by atoms with E-state index in [1.807, 2.05) is 6.08 Å². The molecule has 0 aromatic rings. The number of hydrogen-bond donors (Lipinski definition) is 6. The number of aliphatic hydroxyl groups is 5. The lowest BCUT2D eigenvalue weighted by atomic mass is 9.99. The molecule has 6 N–H and O–H groups in total. The molecule has 1 fully saturated rings. The average Bonchev–Trinajstić information content (AvgIpc) is 3.34. The van der Waals surface area contributed by atoms with E-state index in [-0.39, 0.29) is 12.5 Å². The summed E-state index contributed by atoms with van der Waals surface area (Å²) in [4.78, 5) is 13.0. The second-order valence-corrected chi connectivity index (χ2v) is 19.0. The summed E-state index contributed by atoms with van der Waals surface area (Å²) in [5.41, 5.74) is 0. The monoisotopic (exact) mass is 954 g/mol. The van der Waals surface area contributed by atoms with E-state index in [1.54, 1.807) is 6.08 Å². The number of ether oxygens (including phenoxy) is 2. The number of carbonyl (C=O) groups is 1. The van der Waals surface area contributed by atoms with Crippen LogP contribution in [0.5, 0.6) is 0 Å². The highest BCUT2D eigenvalue weighted by Gasteiger charge is 2.44. The number of amides is 1. The van der Waals surface area contributed by atoms with Crippen molar-refractivity contribution in [2.24, 2.45) is 0 Å². The van der Waals surface area contributed by atoms with Crippen LogP contribution in [-0.2, 0) is 14.3 Å². The minimum atomic E-state index is -1.57. The molecular formula is C59H103NO8. The molecule has 9 heteroatoms. The summed E-state index contributed by atoms with van der Waals surface area (Å²) >= 11 is 0. The molecule has 0 aromatic carbocycles. The van der Waals surface area contributed by atoms with Crippen molar-refractivity contribution in [2.45, 2.75) is 269 Å². The van der Waals surface area contributed by atoms with E-state index in [4.69, 9.17) is 9.47 Å². The summed E-state index contributed by atoms with van der Waals surface area (Å²) in [5.74, 6) is -0.181. The third-order valence-corrected chi connectivity index (χ3v) is 12.7. The molecule has 1 aliphatic rings. The second kappa shape index (κ2) is 48.0. The highest BCUT2D eigenvalue weighted by Crippen LogP contribution is 2.23. The normalized spacial score (nSPS) is 20.2. The third kappa shape index (κ3) is 37.2. The number of nitrogens with one attached hydrogen (secondary N) is 1. The summed E-state index contributed by atoms with van der Waals surface area (Å²) in [6, 6.07) is -0.804. The fourth-order valence-corrected chi connectivity index (χ4v) is 8.34. The molecule has 1 rings (SSSR count). The van der Waals surface area contributed by atoms with Crippen molar-refractivity contribution in [1.82, 2.24) is 5.32 Å². The first-order valence-corrected chi connectivity index (χ1v) is 27.8. The maximum absolute atomic E-state index is 13.0. The van der Waals surface area contributed by atoms with Gasteiger partial charge in [-0.1, -0.05) is 234 Å². The zero-order valence-corrected chi connectivity index (χ0v) is 43.3. The van der Waals surface area contributed by atoms with Crippen LogP contribution in [0.4, 0.5) is 0 Å². The summed E-state index contributed by atoms with van der Waals surface area (Å²) in [7, 11) is 0. The minimum Gasteiger partial charge on any atom is -0.394 e. The molecular weight excluding hydrogens is 851 g/mol. The Morgan fingerprint density at radius 3 is 1.35 bits per heavy atom. The largest absolute Gasteiger partial charge is 0.394 e. The van der Waals surface area contributed by atoms with Gasteiger partial charge >= 0.3 is 0 Å². The minimum absolute atomic E-state index is 0.181. The molecule has 9 nitrogen and oxygen atoms in total. The van der Waals surface area contributed by atoms with E-state index in [0.717, 1.165) is 77.0 Å². The zero-order chi connectivity index (χ0) is 49.4. The van der Waals surface area contributed by atoms with Gasteiger partial charge in [0.1, 0.15) is 24.4 Å². The molecule has 7 unspecified atom stereocenters. The molecule has 1 heterocycles. The Bertz CT molecular complexity index is 1340. The van der Waals surface area contributed by atoms with Crippen molar-refractivity contribution in [3.63, 3.8) is 0 Å². The van der Waals surface area contributed by atoms with E-state index in [9.17, 15) is 30.3 Å². The van der Waals surface area contributed by atoms with Gasteiger partial charge in [-0.3, -0.25) is 4.79 Å². The van der Waals surface area contributed by atoms with Crippen molar-refractivity contribution in [3.05, 3.63) is 85.1 Å². The van der Waals surface area contributed by atoms with Gasteiger partial charge in [0.05, 0.1) is 25.4 Å². The Balaban J connectivity index is 2.04. The third-order valence-electron chi connectivity index (χ3n) is 12.7. The van der Waals surface area contributed by atoms with Crippen LogP contribution < -0.4 is 5.32 Å². The van der Waals surface area contributed by atoms with Crippen molar-refractivity contribution < 1.29 is 39.8 Å². The van der Waals surface area contributed by atoms with Crippen LogP contribution in [-0.4, -0.2) is 87.5 Å². The van der Waals surface area contributed by atoms with E-state index >= 15 is 0 Å². The molecule has 0 spiro atoms. The fourth-order valence-electron chi connectivity index (χ4n) is 8.34. The van der Waals surface area contributed by atoms with Crippen LogP contribution in [0, 0.1) is 0 Å². The molecule has 7 atom stereocenters. The molecule has 392 valence electrons. The highest BCUT2D eigenvalue weighted by atomic mass is 16.7. The number of allylic oxidation sites excluding steroid dienone is 13. The number of carbonyl (C=O) groups excluding carboxylic acids is 1. The topological polar surface area (TPSA) is 149 Å². The number of aliphatic hydroxyl groups excluding tert-OH is 5. The van der Waals surface area contributed by atoms with Crippen molar-refractivity contribution in [1.29, 1.82) is 0 Å². The lowest BCUT2D eigenvalue weighted by molar-refractivity contribution is -0.302. The summed E-state index contributed by atoms with van der Waals surface area (Å²) in [6.07, 6.45) is 61.1. The van der Waals surface area contributed by atoms with E-state index in [1.165, 1.54) is 128 Å². The van der Waals surface area contributed by atoms with Gasteiger partial charge in [-0.15, -0.1) is 0 Å². The first kappa shape index (κ1) is 63.4. The van der Waals surface area contributed by atoms with Gasteiger partial charge in [-0.2, -0.15) is 0 Å². The maximum Gasteiger partial charge on any atom is 0.220 e. The van der Waals surface area contributed by atoms with Gasteiger partial charge < -0.3 is 40.3 Å². The molecule has 0 aliphatic carbocycles. The quantitative estimate of drug-likeness (QED) is 0.0261. The SMILES string of the molecule is CC/C=C\C/C=C\C/C=C\C/C=C\C/C=C\C/C=C\CCCCCCCCCCCCCCCCCCCCC(=O)NC(COC1OC(CO)C(O)C(O)C1O)C(O)/C=C/CCCCCCCC.